The van der Waals surface area contributed by atoms with Crippen LogP contribution in [0.4, 0.5) is 22.0 Å². The second-order valence-corrected chi connectivity index (χ2v) is 9.58. The summed E-state index contributed by atoms with van der Waals surface area (Å²) >= 11 is 11.5. The fourth-order valence-corrected chi connectivity index (χ4v) is 3.79. The smallest absolute Gasteiger partial charge is 0.429 e. The molecule has 0 saturated carbocycles. The van der Waals surface area contributed by atoms with E-state index in [4.69, 9.17) is 27.9 Å². The van der Waals surface area contributed by atoms with E-state index in [2.05, 4.69) is 40.3 Å². The van der Waals surface area contributed by atoms with E-state index in [1.165, 1.54) is 18.3 Å². The highest BCUT2D eigenvalue weighted by atomic mass is 35.5. The highest BCUT2D eigenvalue weighted by molar-refractivity contribution is 6.42. The molecule has 4 rings (SSSR count). The van der Waals surface area contributed by atoms with Crippen molar-refractivity contribution < 1.29 is 31.4 Å². The number of nitrogens with zero attached hydrogens (tertiary/aromatic N) is 1. The van der Waals surface area contributed by atoms with Gasteiger partial charge in [0.25, 0.3) is 0 Å². The molecule has 0 unspecified atom stereocenters. The number of pyridine rings is 1. The van der Waals surface area contributed by atoms with Gasteiger partial charge < -0.3 is 9.47 Å². The lowest BCUT2D eigenvalue weighted by Gasteiger charge is -2.19. The summed E-state index contributed by atoms with van der Waals surface area (Å²) in [6.45, 7) is 2.62. The summed E-state index contributed by atoms with van der Waals surface area (Å²) < 4.78 is 82.7. The summed E-state index contributed by atoms with van der Waals surface area (Å²) in [7, 11) is 0. The zero-order valence-electron chi connectivity index (χ0n) is 21.9. The first-order chi connectivity index (χ1) is 20.1. The average Bonchev–Trinajstić information content (AvgIpc) is 2.95. The molecule has 3 aromatic carbocycles. The first-order valence-corrected chi connectivity index (χ1v) is 13.2. The second-order valence-electron chi connectivity index (χ2n) is 8.79. The maximum absolute atomic E-state index is 14.8. The summed E-state index contributed by atoms with van der Waals surface area (Å²) in [5, 5.41) is -0.350. The van der Waals surface area contributed by atoms with Crippen molar-refractivity contribution in [3.63, 3.8) is 0 Å². The fraction of sp³-hybridized carbons (Fsp3) is 0.156. The molecule has 1 aromatic heterocycles. The molecular weight excluding hydrogens is 596 g/mol. The van der Waals surface area contributed by atoms with E-state index < -0.39 is 34.9 Å². The first kappa shape index (κ1) is 30.7. The molecule has 0 radical (unpaired) electrons. The van der Waals surface area contributed by atoms with Crippen LogP contribution in [0.3, 0.4) is 0 Å². The van der Waals surface area contributed by atoms with E-state index in [0.717, 1.165) is 43.2 Å². The van der Waals surface area contributed by atoms with Crippen LogP contribution >= 0.6 is 23.2 Å². The van der Waals surface area contributed by atoms with Gasteiger partial charge in [0, 0.05) is 17.2 Å². The van der Waals surface area contributed by atoms with Gasteiger partial charge in [-0.2, -0.15) is 8.78 Å². The molecule has 10 heteroatoms. The second kappa shape index (κ2) is 13.6. The lowest BCUT2D eigenvalue weighted by molar-refractivity contribution is -0.187. The highest BCUT2D eigenvalue weighted by Crippen LogP contribution is 2.34. The first-order valence-electron chi connectivity index (χ1n) is 12.5. The number of aromatic nitrogens is 1. The van der Waals surface area contributed by atoms with E-state index in [-0.39, 0.29) is 26.7 Å². The standard InChI is InChI=1S/C32H20Cl2F5NO2/c1-2-3-14-41-25-12-10-23(40-19-25)9-5-20-6-13-26(29(36)16-20)32(38,39)42-24-11-8-22(28(35)18-24)7-4-21-15-27(33)31(34)30(37)17-21/h6,8,10-13,15-19H,2-3,14H2,1H3. The number of rotatable bonds is 7. The third-order valence-corrected chi connectivity index (χ3v) is 6.41. The Labute approximate surface area is 249 Å². The number of hydrogen-bond donors (Lipinski definition) is 0. The third kappa shape index (κ3) is 7.94. The van der Waals surface area contributed by atoms with Crippen LogP contribution in [0.15, 0.2) is 66.9 Å². The van der Waals surface area contributed by atoms with Crippen LogP contribution in [0.5, 0.6) is 11.5 Å². The van der Waals surface area contributed by atoms with E-state index >= 15 is 0 Å². The van der Waals surface area contributed by atoms with Crippen molar-refractivity contribution in [1.82, 2.24) is 4.98 Å². The predicted octanol–water partition coefficient (Wildman–Crippen LogP) is 8.91. The van der Waals surface area contributed by atoms with Crippen molar-refractivity contribution in [3.05, 3.63) is 122 Å². The van der Waals surface area contributed by atoms with Gasteiger partial charge in [0.2, 0.25) is 0 Å². The molecule has 42 heavy (non-hydrogen) atoms. The Balaban J connectivity index is 1.45. The molecule has 1 heterocycles. The Bertz CT molecular complexity index is 1700. The number of benzene rings is 3. The largest absolute Gasteiger partial charge is 0.492 e. The van der Waals surface area contributed by atoms with Crippen LogP contribution in [-0.2, 0) is 6.11 Å². The van der Waals surface area contributed by atoms with Crippen LogP contribution in [0.1, 0.15) is 47.7 Å². The molecule has 0 atom stereocenters. The van der Waals surface area contributed by atoms with Gasteiger partial charge in [-0.05, 0) is 66.9 Å². The topological polar surface area (TPSA) is 31.4 Å². The minimum Gasteiger partial charge on any atom is -0.492 e. The van der Waals surface area contributed by atoms with Crippen LogP contribution in [-0.4, -0.2) is 11.6 Å². The molecule has 0 saturated heterocycles. The lowest BCUT2D eigenvalue weighted by atomic mass is 10.1. The van der Waals surface area contributed by atoms with Gasteiger partial charge >= 0.3 is 6.11 Å². The number of alkyl halides is 2. The molecule has 0 amide bonds. The van der Waals surface area contributed by atoms with Crippen molar-refractivity contribution in [3.8, 4) is 35.2 Å². The van der Waals surface area contributed by atoms with Crippen LogP contribution < -0.4 is 9.47 Å². The zero-order valence-corrected chi connectivity index (χ0v) is 23.4. The third-order valence-electron chi connectivity index (χ3n) is 5.63. The maximum Gasteiger partial charge on any atom is 0.429 e. The monoisotopic (exact) mass is 615 g/mol. The Hall–Kier alpha value is -4.24. The minimum absolute atomic E-state index is 0.0740. The number of halogens is 7. The quantitative estimate of drug-likeness (QED) is 0.0900. The van der Waals surface area contributed by atoms with Gasteiger partial charge in [-0.3, -0.25) is 0 Å². The van der Waals surface area contributed by atoms with Crippen molar-refractivity contribution >= 4 is 23.2 Å². The lowest BCUT2D eigenvalue weighted by Crippen LogP contribution is -2.23. The average molecular weight is 616 g/mol. The number of unbranched alkanes of at least 4 members (excludes halogenated alkanes) is 1. The number of hydrogen-bond acceptors (Lipinski definition) is 3. The van der Waals surface area contributed by atoms with Crippen LogP contribution in [0.2, 0.25) is 10.0 Å². The van der Waals surface area contributed by atoms with E-state index in [0.29, 0.717) is 24.1 Å². The molecular formula is C32H20Cl2F5NO2. The molecule has 0 spiro atoms. The molecule has 0 N–H and O–H groups in total. The van der Waals surface area contributed by atoms with E-state index in [1.807, 2.05) is 0 Å². The predicted molar refractivity (Wildman–Crippen MR) is 150 cm³/mol. The molecule has 0 fully saturated rings. The van der Waals surface area contributed by atoms with E-state index in [9.17, 15) is 22.0 Å². The molecule has 0 aliphatic heterocycles. The Morgan fingerprint density at radius 1 is 0.786 bits per heavy atom. The maximum atomic E-state index is 14.8. The Kier molecular flexibility index (Phi) is 9.96. The summed E-state index contributed by atoms with van der Waals surface area (Å²) in [5.41, 5.74) is -0.605. The van der Waals surface area contributed by atoms with Crippen molar-refractivity contribution in [1.29, 1.82) is 0 Å². The molecule has 0 bridgehead atoms. The molecule has 4 aromatic rings. The Morgan fingerprint density at radius 3 is 2.19 bits per heavy atom. The van der Waals surface area contributed by atoms with Crippen LogP contribution in [0, 0.1) is 41.1 Å². The highest BCUT2D eigenvalue weighted by Gasteiger charge is 2.37. The van der Waals surface area contributed by atoms with Gasteiger partial charge in [0.05, 0.1) is 28.4 Å². The van der Waals surface area contributed by atoms with Gasteiger partial charge in [-0.25, -0.2) is 18.2 Å². The summed E-state index contributed by atoms with van der Waals surface area (Å²) in [4.78, 5) is 4.15. The van der Waals surface area contributed by atoms with Gasteiger partial charge in [-0.1, -0.05) is 54.3 Å². The minimum atomic E-state index is -4.14. The SMILES string of the molecule is CCCCOc1ccc(C#Cc2ccc(C(F)(F)Oc3ccc(C#Cc4cc(F)c(Cl)c(Cl)c4)c(F)c3)c(F)c2)nc1. The number of ether oxygens (including phenoxy) is 2. The zero-order chi connectivity index (χ0) is 30.3. The molecule has 214 valence electrons. The van der Waals surface area contributed by atoms with Crippen molar-refractivity contribution in [2.75, 3.05) is 6.61 Å². The summed E-state index contributed by atoms with van der Waals surface area (Å²) in [6, 6.07) is 11.3. The van der Waals surface area contributed by atoms with Gasteiger partial charge in [-0.15, -0.1) is 0 Å². The summed E-state index contributed by atoms with van der Waals surface area (Å²) in [5.74, 6) is 7.34. The molecule has 3 nitrogen and oxygen atoms in total. The van der Waals surface area contributed by atoms with E-state index in [1.54, 1.807) is 12.1 Å². The van der Waals surface area contributed by atoms with Crippen molar-refractivity contribution in [2.45, 2.75) is 25.9 Å². The molecule has 0 aliphatic rings. The van der Waals surface area contributed by atoms with Crippen LogP contribution in [0.25, 0.3) is 0 Å². The normalized spacial score (nSPS) is 10.8. The molecule has 0 aliphatic carbocycles. The van der Waals surface area contributed by atoms with Gasteiger partial charge in [0.1, 0.15) is 40.2 Å². The van der Waals surface area contributed by atoms with Gasteiger partial charge in [0.15, 0.2) is 0 Å². The van der Waals surface area contributed by atoms with Crippen molar-refractivity contribution in [2.24, 2.45) is 0 Å². The summed E-state index contributed by atoms with van der Waals surface area (Å²) in [6.07, 6.45) is -0.708. The Morgan fingerprint density at radius 2 is 1.52 bits per heavy atom. The fourth-order valence-electron chi connectivity index (χ4n) is 3.47.